The van der Waals surface area contributed by atoms with Crippen LogP contribution in [-0.4, -0.2) is 71.6 Å². The van der Waals surface area contributed by atoms with Crippen molar-refractivity contribution in [2.45, 2.75) is 25.6 Å². The number of benzene rings is 2. The highest BCUT2D eigenvalue weighted by Crippen LogP contribution is 2.18. The molecule has 0 aromatic heterocycles. The first-order valence-corrected chi connectivity index (χ1v) is 11.0. The van der Waals surface area contributed by atoms with E-state index in [0.29, 0.717) is 18.7 Å². The lowest BCUT2D eigenvalue weighted by molar-refractivity contribution is -0.139. The van der Waals surface area contributed by atoms with Crippen LogP contribution in [0.15, 0.2) is 42.5 Å². The van der Waals surface area contributed by atoms with E-state index in [-0.39, 0.29) is 17.2 Å². The highest BCUT2D eigenvalue weighted by atomic mass is 19.1. The standard InChI is InChI=1S/C25H27FN4O5/c1-3-35-20-14-30(15-20)13-17-7-9-18(21(26)12-17)8-4-16-5-10-19(11-6-16)25(33)29(2)22(23(27)31)24(32)28-34/h5-7,9-12,20,22,34H,3,13-15H2,1-2H3,(H2,27,31)(H,28,32). The van der Waals surface area contributed by atoms with Gasteiger partial charge < -0.3 is 15.4 Å². The Bertz CT molecular complexity index is 1150. The molecule has 1 aliphatic heterocycles. The third-order valence-corrected chi connectivity index (χ3v) is 5.57. The van der Waals surface area contributed by atoms with Crippen molar-refractivity contribution >= 4 is 17.7 Å². The van der Waals surface area contributed by atoms with E-state index in [2.05, 4.69) is 16.7 Å². The quantitative estimate of drug-likeness (QED) is 0.222. The van der Waals surface area contributed by atoms with Gasteiger partial charge in [0, 0.05) is 44.4 Å². The van der Waals surface area contributed by atoms with Gasteiger partial charge in [-0.1, -0.05) is 17.9 Å². The summed E-state index contributed by atoms with van der Waals surface area (Å²) in [5, 5.41) is 8.77. The number of nitrogens with two attached hydrogens (primary N) is 1. The first-order valence-electron chi connectivity index (χ1n) is 11.0. The molecule has 0 aliphatic carbocycles. The Hall–Kier alpha value is -3.78. The average molecular weight is 483 g/mol. The van der Waals surface area contributed by atoms with Crippen molar-refractivity contribution in [1.82, 2.24) is 15.3 Å². The van der Waals surface area contributed by atoms with Gasteiger partial charge in [-0.2, -0.15) is 0 Å². The Balaban J connectivity index is 1.64. The molecular formula is C25H27FN4O5. The van der Waals surface area contributed by atoms with E-state index >= 15 is 0 Å². The maximum absolute atomic E-state index is 14.5. The largest absolute Gasteiger partial charge is 0.376 e. The molecule has 1 heterocycles. The molecule has 1 unspecified atom stereocenters. The first kappa shape index (κ1) is 25.8. The number of hydrogen-bond acceptors (Lipinski definition) is 6. The zero-order chi connectivity index (χ0) is 25.5. The van der Waals surface area contributed by atoms with Crippen molar-refractivity contribution in [3.63, 3.8) is 0 Å². The van der Waals surface area contributed by atoms with Crippen molar-refractivity contribution in [3.05, 3.63) is 70.5 Å². The SMILES string of the molecule is CCOC1CN(Cc2ccc(C#Cc3ccc(C(=O)N(C)C(C(N)=O)C(=O)NO)cc3)c(F)c2)C1. The Kier molecular flexibility index (Phi) is 8.54. The fraction of sp³-hybridized carbons (Fsp3) is 0.320. The minimum atomic E-state index is -1.68. The Labute approximate surface area is 202 Å². The molecule has 0 spiro atoms. The molecule has 0 saturated carbocycles. The average Bonchev–Trinajstić information content (AvgIpc) is 2.81. The molecule has 1 fully saturated rings. The molecule has 1 atom stereocenters. The van der Waals surface area contributed by atoms with Crippen molar-refractivity contribution in [2.75, 3.05) is 26.7 Å². The molecule has 3 rings (SSSR count). The minimum absolute atomic E-state index is 0.170. The summed E-state index contributed by atoms with van der Waals surface area (Å²) in [7, 11) is 1.21. The van der Waals surface area contributed by atoms with Gasteiger partial charge in [0.1, 0.15) is 5.82 Å². The van der Waals surface area contributed by atoms with Crippen LogP contribution in [0.2, 0.25) is 0 Å². The zero-order valence-electron chi connectivity index (χ0n) is 19.5. The maximum atomic E-state index is 14.5. The number of likely N-dealkylation sites (tertiary alicyclic amines) is 1. The van der Waals surface area contributed by atoms with Crippen molar-refractivity contribution in [3.8, 4) is 11.8 Å². The van der Waals surface area contributed by atoms with E-state index in [9.17, 15) is 18.8 Å². The van der Waals surface area contributed by atoms with Gasteiger partial charge in [0.25, 0.3) is 11.8 Å². The number of carbonyl (C=O) groups is 3. The molecule has 1 aliphatic rings. The number of nitrogens with zero attached hydrogens (tertiary/aromatic N) is 2. The number of hydrogen-bond donors (Lipinski definition) is 3. The third-order valence-electron chi connectivity index (χ3n) is 5.57. The summed E-state index contributed by atoms with van der Waals surface area (Å²) in [6, 6.07) is 9.32. The number of ether oxygens (including phenoxy) is 1. The third kappa shape index (κ3) is 6.42. The summed E-state index contributed by atoms with van der Waals surface area (Å²) in [6.45, 7) is 4.98. The van der Waals surface area contributed by atoms with Gasteiger partial charge in [-0.25, -0.2) is 9.87 Å². The predicted molar refractivity (Wildman–Crippen MR) is 125 cm³/mol. The van der Waals surface area contributed by atoms with E-state index in [0.717, 1.165) is 23.6 Å². The molecular weight excluding hydrogens is 455 g/mol. The van der Waals surface area contributed by atoms with Crippen LogP contribution in [0.25, 0.3) is 0 Å². The number of amides is 3. The summed E-state index contributed by atoms with van der Waals surface area (Å²) in [5.74, 6) is 2.36. The number of primary amides is 1. The molecule has 1 saturated heterocycles. The first-order chi connectivity index (χ1) is 16.7. The number of likely N-dealkylation sites (N-methyl/N-ethyl adjacent to an activating group) is 1. The van der Waals surface area contributed by atoms with Crippen LogP contribution in [0.5, 0.6) is 0 Å². The van der Waals surface area contributed by atoms with Crippen molar-refractivity contribution in [1.29, 1.82) is 0 Å². The maximum Gasteiger partial charge on any atom is 0.275 e. The molecule has 9 nitrogen and oxygen atoms in total. The highest BCUT2D eigenvalue weighted by molar-refractivity contribution is 6.08. The van der Waals surface area contributed by atoms with Gasteiger partial charge in [0.15, 0.2) is 6.04 Å². The molecule has 0 bridgehead atoms. The molecule has 2 aromatic carbocycles. The van der Waals surface area contributed by atoms with Crippen LogP contribution in [0.3, 0.4) is 0 Å². The predicted octanol–water partition coefficient (Wildman–Crippen LogP) is 0.878. The Morgan fingerprint density at radius 2 is 1.91 bits per heavy atom. The topological polar surface area (TPSA) is 125 Å². The van der Waals surface area contributed by atoms with E-state index in [1.165, 1.54) is 30.7 Å². The lowest BCUT2D eigenvalue weighted by Gasteiger charge is -2.38. The lowest BCUT2D eigenvalue weighted by Crippen LogP contribution is -2.54. The Morgan fingerprint density at radius 1 is 1.23 bits per heavy atom. The lowest BCUT2D eigenvalue weighted by atomic mass is 10.1. The number of hydroxylamine groups is 1. The van der Waals surface area contributed by atoms with Crippen molar-refractivity contribution < 1.29 is 28.7 Å². The second-order valence-electron chi connectivity index (χ2n) is 8.11. The normalized spacial score (nSPS) is 14.3. The fourth-order valence-corrected chi connectivity index (χ4v) is 3.72. The molecule has 4 N–H and O–H groups in total. The number of nitrogens with one attached hydrogen (secondary N) is 1. The summed E-state index contributed by atoms with van der Waals surface area (Å²) < 4.78 is 20.1. The highest BCUT2D eigenvalue weighted by Gasteiger charge is 2.32. The number of rotatable bonds is 8. The van der Waals surface area contributed by atoms with Gasteiger partial charge in [0.05, 0.1) is 11.7 Å². The molecule has 3 amide bonds. The second-order valence-corrected chi connectivity index (χ2v) is 8.11. The van der Waals surface area contributed by atoms with Gasteiger partial charge in [-0.3, -0.25) is 24.5 Å². The van der Waals surface area contributed by atoms with Crippen LogP contribution in [-0.2, 0) is 20.9 Å². The number of halogens is 1. The summed E-state index contributed by atoms with van der Waals surface area (Å²) >= 11 is 0. The minimum Gasteiger partial charge on any atom is -0.376 e. The van der Waals surface area contributed by atoms with E-state index in [4.69, 9.17) is 15.7 Å². The van der Waals surface area contributed by atoms with E-state index in [1.54, 1.807) is 18.2 Å². The van der Waals surface area contributed by atoms with Crippen LogP contribution in [0.4, 0.5) is 4.39 Å². The fourth-order valence-electron chi connectivity index (χ4n) is 3.72. The van der Waals surface area contributed by atoms with Gasteiger partial charge in [-0.15, -0.1) is 0 Å². The van der Waals surface area contributed by atoms with E-state index < -0.39 is 29.6 Å². The monoisotopic (exact) mass is 482 g/mol. The molecule has 2 aromatic rings. The number of carbonyl (C=O) groups excluding carboxylic acids is 3. The molecule has 0 radical (unpaired) electrons. The van der Waals surface area contributed by atoms with Crippen LogP contribution >= 0.6 is 0 Å². The Morgan fingerprint density at radius 3 is 2.49 bits per heavy atom. The van der Waals surface area contributed by atoms with E-state index in [1.807, 2.05) is 13.0 Å². The molecule has 10 heteroatoms. The van der Waals surface area contributed by atoms with Gasteiger partial charge in [0.2, 0.25) is 5.91 Å². The van der Waals surface area contributed by atoms with Gasteiger partial charge >= 0.3 is 0 Å². The van der Waals surface area contributed by atoms with Crippen LogP contribution in [0.1, 0.15) is 34.0 Å². The zero-order valence-corrected chi connectivity index (χ0v) is 19.5. The van der Waals surface area contributed by atoms with Crippen LogP contribution < -0.4 is 11.2 Å². The second kappa shape index (κ2) is 11.6. The van der Waals surface area contributed by atoms with Gasteiger partial charge in [-0.05, 0) is 48.9 Å². The summed E-state index contributed by atoms with van der Waals surface area (Å²) in [5.41, 5.74) is 8.29. The summed E-state index contributed by atoms with van der Waals surface area (Å²) in [6.07, 6.45) is 0.252. The van der Waals surface area contributed by atoms with Crippen molar-refractivity contribution in [2.24, 2.45) is 5.73 Å². The summed E-state index contributed by atoms with van der Waals surface area (Å²) in [4.78, 5) is 38.8. The molecule has 184 valence electrons. The molecule has 35 heavy (non-hydrogen) atoms. The smallest absolute Gasteiger partial charge is 0.275 e. The van der Waals surface area contributed by atoms with Crippen LogP contribution in [0, 0.1) is 17.7 Å².